The van der Waals surface area contributed by atoms with Crippen molar-refractivity contribution in [2.24, 2.45) is 0 Å². The van der Waals surface area contributed by atoms with E-state index in [1.807, 2.05) is 0 Å². The van der Waals surface area contributed by atoms with Gasteiger partial charge in [-0.1, -0.05) is 13.8 Å². The summed E-state index contributed by atoms with van der Waals surface area (Å²) in [5, 5.41) is 3.57. The minimum Gasteiger partial charge on any atom is -0.354 e. The molecular weight excluding hydrogens is 258 g/mol. The molecule has 1 heterocycles. The number of rotatable bonds is 7. The lowest BCUT2D eigenvalue weighted by Crippen LogP contribution is -2.35. The average Bonchev–Trinajstić information content (AvgIpc) is 2.41. The predicted octanol–water partition coefficient (Wildman–Crippen LogP) is 4.16. The molecule has 1 aromatic heterocycles. The molecule has 0 amide bonds. The number of hydrogen-bond donors (Lipinski definition) is 1. The van der Waals surface area contributed by atoms with E-state index in [4.69, 9.17) is 4.98 Å². The third kappa shape index (κ3) is 6.04. The molecule has 1 aromatic rings. The van der Waals surface area contributed by atoms with Crippen molar-refractivity contribution in [2.75, 3.05) is 11.4 Å². The van der Waals surface area contributed by atoms with Gasteiger partial charge in [-0.3, -0.25) is 0 Å². The number of nitrogens with one attached hydrogen (secondary N) is 1. The fourth-order valence-corrected chi connectivity index (χ4v) is 2.31. The van der Waals surface area contributed by atoms with Gasteiger partial charge in [0.05, 0.1) is 0 Å². The maximum atomic E-state index is 4.83. The number of aromatic nitrogens is 1. The summed E-state index contributed by atoms with van der Waals surface area (Å²) in [5.41, 5.74) is 2.64. The molecule has 0 saturated heterocycles. The third-order valence-electron chi connectivity index (χ3n) is 3.49. The van der Waals surface area contributed by atoms with Gasteiger partial charge in [0.1, 0.15) is 5.82 Å². The van der Waals surface area contributed by atoms with Crippen molar-refractivity contribution >= 4 is 5.82 Å². The first-order chi connectivity index (χ1) is 9.76. The van der Waals surface area contributed by atoms with Crippen LogP contribution in [-0.2, 0) is 13.0 Å². The van der Waals surface area contributed by atoms with Crippen LogP contribution in [0.1, 0.15) is 66.1 Å². The molecule has 0 saturated carbocycles. The highest BCUT2D eigenvalue weighted by Crippen LogP contribution is 2.19. The van der Waals surface area contributed by atoms with Crippen molar-refractivity contribution in [2.45, 2.75) is 79.4 Å². The average molecular weight is 291 g/mol. The second-order valence-electron chi connectivity index (χ2n) is 7.07. The highest BCUT2D eigenvalue weighted by atomic mass is 15.2. The largest absolute Gasteiger partial charge is 0.354 e. The van der Waals surface area contributed by atoms with Gasteiger partial charge in [0.2, 0.25) is 0 Å². The zero-order chi connectivity index (χ0) is 16.0. The highest BCUT2D eigenvalue weighted by Gasteiger charge is 2.14. The van der Waals surface area contributed by atoms with Crippen LogP contribution in [0.15, 0.2) is 12.1 Å². The molecule has 21 heavy (non-hydrogen) atoms. The minimum absolute atomic E-state index is 0.136. The van der Waals surface area contributed by atoms with Crippen molar-refractivity contribution < 1.29 is 0 Å². The lowest BCUT2D eigenvalue weighted by atomic mass is 10.1. The van der Waals surface area contributed by atoms with Gasteiger partial charge in [0.15, 0.2) is 0 Å². The van der Waals surface area contributed by atoms with Crippen LogP contribution in [0.25, 0.3) is 0 Å². The first kappa shape index (κ1) is 18.0. The minimum atomic E-state index is 0.136. The van der Waals surface area contributed by atoms with Gasteiger partial charge in [-0.15, -0.1) is 0 Å². The molecule has 120 valence electrons. The summed E-state index contributed by atoms with van der Waals surface area (Å²) in [6.45, 7) is 17.4. The Morgan fingerprint density at radius 1 is 1.19 bits per heavy atom. The molecule has 0 aliphatic heterocycles. The molecule has 1 rings (SSSR count). The van der Waals surface area contributed by atoms with Gasteiger partial charge in [-0.05, 0) is 65.2 Å². The maximum absolute atomic E-state index is 4.83. The summed E-state index contributed by atoms with van der Waals surface area (Å²) in [6, 6.07) is 4.95. The van der Waals surface area contributed by atoms with Crippen LogP contribution < -0.4 is 10.2 Å². The predicted molar refractivity (Wildman–Crippen MR) is 93.0 cm³/mol. The monoisotopic (exact) mass is 291 g/mol. The molecule has 0 atom stereocenters. The SMILES string of the molecule is CCCN(c1cc(CNC(C)(C)C)cc(CC)n1)C(C)C. The molecule has 1 N–H and O–H groups in total. The fraction of sp³-hybridized carbons (Fsp3) is 0.722. The van der Waals surface area contributed by atoms with E-state index < -0.39 is 0 Å². The van der Waals surface area contributed by atoms with Gasteiger partial charge < -0.3 is 10.2 Å². The van der Waals surface area contributed by atoms with Crippen LogP contribution >= 0.6 is 0 Å². The normalized spacial score (nSPS) is 12.0. The smallest absolute Gasteiger partial charge is 0.129 e. The van der Waals surface area contributed by atoms with E-state index in [0.717, 1.165) is 31.7 Å². The van der Waals surface area contributed by atoms with E-state index in [2.05, 4.69) is 70.8 Å². The van der Waals surface area contributed by atoms with Crippen LogP contribution in [0, 0.1) is 0 Å². The van der Waals surface area contributed by atoms with Crippen LogP contribution in [0.2, 0.25) is 0 Å². The van der Waals surface area contributed by atoms with Crippen LogP contribution in [0.3, 0.4) is 0 Å². The summed E-state index contributed by atoms with van der Waals surface area (Å²) in [4.78, 5) is 7.24. The van der Waals surface area contributed by atoms with Crippen LogP contribution in [-0.4, -0.2) is 23.1 Å². The van der Waals surface area contributed by atoms with E-state index in [9.17, 15) is 0 Å². The molecular formula is C18H33N3. The first-order valence-electron chi connectivity index (χ1n) is 8.28. The zero-order valence-corrected chi connectivity index (χ0v) is 15.0. The molecule has 0 bridgehead atoms. The van der Waals surface area contributed by atoms with Crippen LogP contribution in [0.5, 0.6) is 0 Å². The summed E-state index contributed by atoms with van der Waals surface area (Å²) >= 11 is 0. The molecule has 0 aliphatic carbocycles. The molecule has 0 aliphatic rings. The Labute approximate surface area is 131 Å². The number of nitrogens with zero attached hydrogens (tertiary/aromatic N) is 2. The van der Waals surface area contributed by atoms with Gasteiger partial charge >= 0.3 is 0 Å². The molecule has 0 unspecified atom stereocenters. The van der Waals surface area contributed by atoms with Gasteiger partial charge in [0.25, 0.3) is 0 Å². The fourth-order valence-electron chi connectivity index (χ4n) is 2.31. The molecule has 0 aromatic carbocycles. The lowest BCUT2D eigenvalue weighted by molar-refractivity contribution is 0.424. The molecule has 0 spiro atoms. The van der Waals surface area contributed by atoms with Crippen molar-refractivity contribution in [3.05, 3.63) is 23.4 Å². The Balaban J connectivity index is 3.03. The van der Waals surface area contributed by atoms with E-state index in [0.29, 0.717) is 6.04 Å². The maximum Gasteiger partial charge on any atom is 0.129 e. The van der Waals surface area contributed by atoms with E-state index in [1.54, 1.807) is 0 Å². The van der Waals surface area contributed by atoms with E-state index >= 15 is 0 Å². The molecule has 3 heteroatoms. The van der Waals surface area contributed by atoms with Crippen molar-refractivity contribution in [1.29, 1.82) is 0 Å². The molecule has 0 fully saturated rings. The lowest BCUT2D eigenvalue weighted by Gasteiger charge is -2.29. The summed E-state index contributed by atoms with van der Waals surface area (Å²) in [5.74, 6) is 1.12. The van der Waals surface area contributed by atoms with Crippen molar-refractivity contribution in [3.63, 3.8) is 0 Å². The Kier molecular flexibility index (Phi) is 6.66. The van der Waals surface area contributed by atoms with Gasteiger partial charge in [0, 0.05) is 30.4 Å². The number of hydrogen-bond acceptors (Lipinski definition) is 3. The third-order valence-corrected chi connectivity index (χ3v) is 3.49. The second kappa shape index (κ2) is 7.79. The summed E-state index contributed by atoms with van der Waals surface area (Å²) < 4.78 is 0. The van der Waals surface area contributed by atoms with Crippen molar-refractivity contribution in [3.8, 4) is 0 Å². The number of pyridine rings is 1. The molecule has 3 nitrogen and oxygen atoms in total. The van der Waals surface area contributed by atoms with E-state index in [1.165, 1.54) is 11.3 Å². The zero-order valence-electron chi connectivity index (χ0n) is 15.0. The Morgan fingerprint density at radius 2 is 1.86 bits per heavy atom. The van der Waals surface area contributed by atoms with Crippen molar-refractivity contribution in [1.82, 2.24) is 10.3 Å². The van der Waals surface area contributed by atoms with Crippen LogP contribution in [0.4, 0.5) is 5.82 Å². The Morgan fingerprint density at radius 3 is 2.33 bits per heavy atom. The number of anilines is 1. The quantitative estimate of drug-likeness (QED) is 0.817. The highest BCUT2D eigenvalue weighted by molar-refractivity contribution is 5.43. The van der Waals surface area contributed by atoms with Gasteiger partial charge in [-0.25, -0.2) is 4.98 Å². The summed E-state index contributed by atoms with van der Waals surface area (Å²) in [7, 11) is 0. The molecule has 0 radical (unpaired) electrons. The first-order valence-corrected chi connectivity index (χ1v) is 8.28. The van der Waals surface area contributed by atoms with E-state index in [-0.39, 0.29) is 5.54 Å². The number of aryl methyl sites for hydroxylation is 1. The van der Waals surface area contributed by atoms with Gasteiger partial charge in [-0.2, -0.15) is 0 Å². The Hall–Kier alpha value is -1.09. The topological polar surface area (TPSA) is 28.2 Å². The standard InChI is InChI=1S/C18H33N3/c1-8-10-21(14(3)4)17-12-15(11-16(9-2)20-17)13-19-18(5,6)7/h11-12,14,19H,8-10,13H2,1-7H3. The second-order valence-corrected chi connectivity index (χ2v) is 7.07. The summed E-state index contributed by atoms with van der Waals surface area (Å²) in [6.07, 6.45) is 2.13. The Bertz CT molecular complexity index is 433.